The Hall–Kier alpha value is -1.30. The second kappa shape index (κ2) is 5.35. The third kappa shape index (κ3) is 3.09. The largest absolute Gasteiger partial charge is 0.389 e. The summed E-state index contributed by atoms with van der Waals surface area (Å²) in [5.41, 5.74) is 2.93. The summed E-state index contributed by atoms with van der Waals surface area (Å²) in [4.78, 5) is 14.2. The zero-order valence-electron chi connectivity index (χ0n) is 8.97. The van der Waals surface area contributed by atoms with Gasteiger partial charge in [-0.1, -0.05) is 24.3 Å². The third-order valence-electron chi connectivity index (χ3n) is 2.36. The van der Waals surface area contributed by atoms with Gasteiger partial charge in [0.2, 0.25) is 0 Å². The molecule has 1 heterocycles. The van der Waals surface area contributed by atoms with E-state index in [0.717, 1.165) is 20.8 Å². The molecule has 17 heavy (non-hydrogen) atoms. The predicted octanol–water partition coefficient (Wildman–Crippen LogP) is 2.58. The normalized spacial score (nSPS) is 10.4. The Kier molecular flexibility index (Phi) is 3.83. The molecule has 1 aromatic heterocycles. The molecule has 0 fully saturated rings. The molecular weight excluding hydrogens is 254 g/mol. The summed E-state index contributed by atoms with van der Waals surface area (Å²) < 4.78 is 0.750. The van der Waals surface area contributed by atoms with Crippen LogP contribution < -0.4 is 0 Å². The van der Waals surface area contributed by atoms with Crippen molar-refractivity contribution in [2.45, 2.75) is 6.42 Å². The Bertz CT molecular complexity index is 569. The number of hydrogen-bond acceptors (Lipinski definition) is 4. The number of thiazole rings is 1. The van der Waals surface area contributed by atoms with Crippen LogP contribution in [0.1, 0.15) is 5.56 Å². The van der Waals surface area contributed by atoms with Gasteiger partial charge in [-0.05, 0) is 23.3 Å². The van der Waals surface area contributed by atoms with Crippen LogP contribution in [0.25, 0.3) is 11.3 Å². The van der Waals surface area contributed by atoms with Crippen LogP contribution in [-0.4, -0.2) is 22.5 Å². The lowest BCUT2D eigenvalue weighted by atomic mass is 10.1. The molecule has 0 amide bonds. The second-order valence-corrected chi connectivity index (χ2v) is 5.18. The van der Waals surface area contributed by atoms with E-state index in [1.807, 2.05) is 29.6 Å². The van der Waals surface area contributed by atoms with Crippen LogP contribution in [0.15, 0.2) is 29.6 Å². The van der Waals surface area contributed by atoms with Gasteiger partial charge in [-0.15, -0.1) is 11.3 Å². The average molecular weight is 265 g/mol. The van der Waals surface area contributed by atoms with Crippen LogP contribution in [0.2, 0.25) is 0 Å². The van der Waals surface area contributed by atoms with Crippen molar-refractivity contribution in [3.05, 3.63) is 39.2 Å². The first-order valence-corrected chi connectivity index (χ1v) is 6.37. The number of aromatic nitrogens is 1. The number of nitrogens with one attached hydrogen (secondary N) is 1. The molecule has 0 aliphatic heterocycles. The SMILES string of the molecule is O=C(CO)Cc1ccc(-c2csc(=S)[nH]2)cc1. The van der Waals surface area contributed by atoms with Gasteiger partial charge in [0.1, 0.15) is 6.61 Å². The molecule has 0 unspecified atom stereocenters. The molecule has 0 atom stereocenters. The van der Waals surface area contributed by atoms with E-state index in [1.54, 1.807) is 0 Å². The Balaban J connectivity index is 2.18. The zero-order valence-corrected chi connectivity index (χ0v) is 10.6. The number of rotatable bonds is 4. The van der Waals surface area contributed by atoms with Crippen LogP contribution in [0, 0.1) is 3.95 Å². The minimum absolute atomic E-state index is 0.173. The van der Waals surface area contributed by atoms with Crippen LogP contribution in [0.5, 0.6) is 0 Å². The smallest absolute Gasteiger partial charge is 0.162 e. The molecule has 0 radical (unpaired) electrons. The van der Waals surface area contributed by atoms with Crippen LogP contribution in [0.3, 0.4) is 0 Å². The molecule has 5 heteroatoms. The summed E-state index contributed by atoms with van der Waals surface area (Å²) in [6.07, 6.45) is 0.274. The molecule has 0 saturated carbocycles. The number of benzene rings is 1. The van der Waals surface area contributed by atoms with E-state index in [1.165, 1.54) is 11.3 Å². The van der Waals surface area contributed by atoms with Crippen molar-refractivity contribution in [3.63, 3.8) is 0 Å². The highest BCUT2D eigenvalue weighted by atomic mass is 32.1. The van der Waals surface area contributed by atoms with E-state index >= 15 is 0 Å². The molecular formula is C12H11NO2S2. The van der Waals surface area contributed by atoms with E-state index in [0.29, 0.717) is 0 Å². The molecule has 2 aromatic rings. The molecule has 0 aliphatic rings. The van der Waals surface area contributed by atoms with Crippen molar-refractivity contribution in [1.82, 2.24) is 4.98 Å². The number of carbonyl (C=O) groups excluding carboxylic acids is 1. The lowest BCUT2D eigenvalue weighted by molar-refractivity contribution is -0.121. The molecule has 2 N–H and O–H groups in total. The van der Waals surface area contributed by atoms with Crippen molar-refractivity contribution in [2.24, 2.45) is 0 Å². The fourth-order valence-corrected chi connectivity index (χ4v) is 2.35. The van der Waals surface area contributed by atoms with Gasteiger partial charge in [0, 0.05) is 11.8 Å². The highest BCUT2D eigenvalue weighted by Gasteiger charge is 2.03. The van der Waals surface area contributed by atoms with Crippen molar-refractivity contribution in [2.75, 3.05) is 6.61 Å². The number of Topliss-reactive ketones (excluding diaryl/α,β-unsaturated/α-hetero) is 1. The van der Waals surface area contributed by atoms with Gasteiger partial charge < -0.3 is 10.1 Å². The quantitative estimate of drug-likeness (QED) is 0.835. The molecule has 0 aliphatic carbocycles. The Morgan fingerprint density at radius 3 is 2.59 bits per heavy atom. The first-order valence-electron chi connectivity index (χ1n) is 5.09. The molecule has 0 saturated heterocycles. The van der Waals surface area contributed by atoms with E-state index in [9.17, 15) is 4.79 Å². The molecule has 0 bridgehead atoms. The Labute approximate surface area is 108 Å². The number of carbonyl (C=O) groups is 1. The summed E-state index contributed by atoms with van der Waals surface area (Å²) in [6, 6.07) is 7.65. The highest BCUT2D eigenvalue weighted by molar-refractivity contribution is 7.73. The maximum absolute atomic E-state index is 11.1. The van der Waals surface area contributed by atoms with Crippen molar-refractivity contribution >= 4 is 29.3 Å². The van der Waals surface area contributed by atoms with Gasteiger partial charge in [-0.2, -0.15) is 0 Å². The van der Waals surface area contributed by atoms with E-state index in [4.69, 9.17) is 17.3 Å². The maximum atomic E-state index is 11.1. The summed E-state index contributed by atoms with van der Waals surface area (Å²) in [6.45, 7) is -0.403. The maximum Gasteiger partial charge on any atom is 0.162 e. The summed E-state index contributed by atoms with van der Waals surface area (Å²) in [5, 5.41) is 10.6. The third-order valence-corrected chi connectivity index (χ3v) is 3.42. The lowest BCUT2D eigenvalue weighted by Gasteiger charge is -2.01. The van der Waals surface area contributed by atoms with Gasteiger partial charge in [0.25, 0.3) is 0 Å². The monoisotopic (exact) mass is 265 g/mol. The van der Waals surface area contributed by atoms with Crippen molar-refractivity contribution in [1.29, 1.82) is 0 Å². The predicted molar refractivity (Wildman–Crippen MR) is 70.7 cm³/mol. The van der Waals surface area contributed by atoms with Gasteiger partial charge >= 0.3 is 0 Å². The minimum Gasteiger partial charge on any atom is -0.389 e. The highest BCUT2D eigenvalue weighted by Crippen LogP contribution is 2.20. The lowest BCUT2D eigenvalue weighted by Crippen LogP contribution is -2.06. The number of ketones is 1. The number of aliphatic hydroxyl groups is 1. The topological polar surface area (TPSA) is 53.1 Å². The van der Waals surface area contributed by atoms with Gasteiger partial charge in [-0.25, -0.2) is 0 Å². The molecule has 0 spiro atoms. The minimum atomic E-state index is -0.403. The van der Waals surface area contributed by atoms with Gasteiger partial charge in [0.15, 0.2) is 9.74 Å². The molecule has 2 rings (SSSR count). The first-order chi connectivity index (χ1) is 8.19. The Morgan fingerprint density at radius 1 is 1.35 bits per heavy atom. The van der Waals surface area contributed by atoms with Crippen molar-refractivity contribution in [3.8, 4) is 11.3 Å². The van der Waals surface area contributed by atoms with Gasteiger partial charge in [-0.3, -0.25) is 4.79 Å². The van der Waals surface area contributed by atoms with Crippen LogP contribution in [-0.2, 0) is 11.2 Å². The fraction of sp³-hybridized carbons (Fsp3) is 0.167. The number of H-pyrrole nitrogens is 1. The van der Waals surface area contributed by atoms with E-state index in [2.05, 4.69) is 4.98 Å². The summed E-state index contributed by atoms with van der Waals surface area (Å²) in [5.74, 6) is -0.173. The van der Waals surface area contributed by atoms with E-state index in [-0.39, 0.29) is 12.2 Å². The number of aromatic amines is 1. The summed E-state index contributed by atoms with van der Waals surface area (Å²) >= 11 is 6.51. The van der Waals surface area contributed by atoms with Crippen LogP contribution >= 0.6 is 23.6 Å². The molecule has 3 nitrogen and oxygen atoms in total. The molecule has 88 valence electrons. The first kappa shape index (κ1) is 12.2. The standard InChI is InChI=1S/C12H11NO2S2/c14-6-10(15)5-8-1-3-9(4-2-8)11-7-17-12(16)13-11/h1-4,7,14H,5-6H2,(H,13,16). The van der Waals surface area contributed by atoms with Gasteiger partial charge in [0.05, 0.1) is 5.69 Å². The average Bonchev–Trinajstić information content (AvgIpc) is 2.77. The Morgan fingerprint density at radius 2 is 2.06 bits per heavy atom. The van der Waals surface area contributed by atoms with E-state index < -0.39 is 6.61 Å². The number of aliphatic hydroxyl groups excluding tert-OH is 1. The van der Waals surface area contributed by atoms with Crippen molar-refractivity contribution < 1.29 is 9.90 Å². The fourth-order valence-electron chi connectivity index (χ4n) is 1.51. The van der Waals surface area contributed by atoms with Crippen LogP contribution in [0.4, 0.5) is 0 Å². The molecule has 1 aromatic carbocycles. The summed E-state index contributed by atoms with van der Waals surface area (Å²) in [7, 11) is 0. The zero-order chi connectivity index (χ0) is 12.3. The number of hydrogen-bond donors (Lipinski definition) is 2. The second-order valence-electron chi connectivity index (χ2n) is 3.63.